The average molecular weight is 194 g/mol. The molecular formula is C10H18N4. The van der Waals surface area contributed by atoms with Gasteiger partial charge in [0.2, 0.25) is 0 Å². The predicted octanol–water partition coefficient (Wildman–Crippen LogP) is 2.04. The van der Waals surface area contributed by atoms with Crippen LogP contribution in [0.3, 0.4) is 0 Å². The van der Waals surface area contributed by atoms with Gasteiger partial charge in [0.05, 0.1) is 6.20 Å². The monoisotopic (exact) mass is 194 g/mol. The Labute approximate surface area is 84.7 Å². The summed E-state index contributed by atoms with van der Waals surface area (Å²) < 4.78 is 1.96. The van der Waals surface area contributed by atoms with Crippen molar-refractivity contribution in [2.45, 2.75) is 51.6 Å². The summed E-state index contributed by atoms with van der Waals surface area (Å²) in [5.74, 6) is 1.08. The molecule has 1 N–H and O–H groups in total. The maximum atomic E-state index is 4.05. The molecule has 4 heteroatoms. The fourth-order valence-corrected chi connectivity index (χ4v) is 2.03. The van der Waals surface area contributed by atoms with E-state index in [9.17, 15) is 0 Å². The first kappa shape index (κ1) is 9.49. The maximum Gasteiger partial charge on any atom is 0.145 e. The van der Waals surface area contributed by atoms with Crippen molar-refractivity contribution in [3.8, 4) is 0 Å². The highest BCUT2D eigenvalue weighted by Crippen LogP contribution is 2.21. The first-order chi connectivity index (χ1) is 6.90. The van der Waals surface area contributed by atoms with Crippen LogP contribution in [0.2, 0.25) is 0 Å². The molecule has 0 atom stereocenters. The highest BCUT2D eigenvalue weighted by atomic mass is 15.5. The van der Waals surface area contributed by atoms with Crippen molar-refractivity contribution in [1.29, 1.82) is 0 Å². The second-order valence-corrected chi connectivity index (χ2v) is 3.97. The normalized spacial score (nSPS) is 17.5. The Morgan fingerprint density at radius 1 is 1.50 bits per heavy atom. The van der Waals surface area contributed by atoms with Crippen LogP contribution in [0.15, 0.2) is 6.20 Å². The van der Waals surface area contributed by atoms with Crippen molar-refractivity contribution in [2.24, 2.45) is 0 Å². The van der Waals surface area contributed by atoms with Gasteiger partial charge in [0, 0.05) is 12.6 Å². The first-order valence-electron chi connectivity index (χ1n) is 5.55. The van der Waals surface area contributed by atoms with Gasteiger partial charge in [0.1, 0.15) is 5.82 Å². The van der Waals surface area contributed by atoms with Crippen LogP contribution < -0.4 is 5.32 Å². The van der Waals surface area contributed by atoms with E-state index >= 15 is 0 Å². The van der Waals surface area contributed by atoms with Crippen LogP contribution >= 0.6 is 0 Å². The molecule has 1 aliphatic rings. The molecule has 14 heavy (non-hydrogen) atoms. The lowest BCUT2D eigenvalue weighted by atomic mass is 10.2. The summed E-state index contributed by atoms with van der Waals surface area (Å²) in [4.78, 5) is 0. The van der Waals surface area contributed by atoms with E-state index in [1.807, 2.05) is 10.9 Å². The minimum Gasteiger partial charge on any atom is -0.366 e. The summed E-state index contributed by atoms with van der Waals surface area (Å²) in [5, 5.41) is 11.5. The van der Waals surface area contributed by atoms with Crippen molar-refractivity contribution < 1.29 is 0 Å². The van der Waals surface area contributed by atoms with E-state index in [4.69, 9.17) is 0 Å². The second kappa shape index (κ2) is 4.44. The number of aromatic nitrogens is 3. The highest BCUT2D eigenvalue weighted by molar-refractivity contribution is 5.32. The van der Waals surface area contributed by atoms with Crippen LogP contribution in [0, 0.1) is 0 Å². The molecular weight excluding hydrogens is 176 g/mol. The van der Waals surface area contributed by atoms with E-state index in [-0.39, 0.29) is 0 Å². The van der Waals surface area contributed by atoms with Crippen molar-refractivity contribution >= 4 is 5.82 Å². The van der Waals surface area contributed by atoms with Crippen molar-refractivity contribution in [3.63, 3.8) is 0 Å². The third kappa shape index (κ3) is 2.05. The zero-order chi connectivity index (χ0) is 9.80. The number of nitrogens with one attached hydrogen (secondary N) is 1. The minimum atomic E-state index is 0.643. The van der Waals surface area contributed by atoms with Crippen LogP contribution in [0.1, 0.15) is 39.0 Å². The van der Waals surface area contributed by atoms with Crippen LogP contribution in [0.4, 0.5) is 5.82 Å². The number of rotatable bonds is 4. The summed E-state index contributed by atoms with van der Waals surface area (Å²) in [6, 6.07) is 0.643. The quantitative estimate of drug-likeness (QED) is 0.797. The third-order valence-corrected chi connectivity index (χ3v) is 2.76. The SMILES string of the molecule is CCCn1nncc1NC1CCCC1. The molecule has 1 aliphatic carbocycles. The Balaban J connectivity index is 1.96. The van der Waals surface area contributed by atoms with Gasteiger partial charge in [-0.25, -0.2) is 4.68 Å². The van der Waals surface area contributed by atoms with Crippen LogP contribution in [-0.2, 0) is 6.54 Å². The molecule has 78 valence electrons. The number of nitrogens with zero attached hydrogens (tertiary/aromatic N) is 3. The molecule has 0 radical (unpaired) electrons. The number of hydrogen-bond acceptors (Lipinski definition) is 3. The Bertz CT molecular complexity index is 275. The molecule has 0 spiro atoms. The predicted molar refractivity (Wildman–Crippen MR) is 56.2 cm³/mol. The zero-order valence-electron chi connectivity index (χ0n) is 8.74. The lowest BCUT2D eigenvalue weighted by Gasteiger charge is -2.13. The van der Waals surface area contributed by atoms with Crippen LogP contribution in [0.5, 0.6) is 0 Å². The molecule has 0 aliphatic heterocycles. The Hall–Kier alpha value is -1.06. The van der Waals surface area contributed by atoms with Gasteiger partial charge >= 0.3 is 0 Å². The lowest BCUT2D eigenvalue weighted by molar-refractivity contribution is 0.577. The summed E-state index contributed by atoms with van der Waals surface area (Å²) in [6.07, 6.45) is 8.21. The summed E-state index contributed by atoms with van der Waals surface area (Å²) in [6.45, 7) is 3.11. The van der Waals surface area contributed by atoms with Gasteiger partial charge < -0.3 is 5.32 Å². The zero-order valence-corrected chi connectivity index (χ0v) is 8.74. The smallest absolute Gasteiger partial charge is 0.145 e. The molecule has 1 aromatic rings. The Kier molecular flexibility index (Phi) is 3.01. The van der Waals surface area contributed by atoms with E-state index < -0.39 is 0 Å². The number of anilines is 1. The van der Waals surface area contributed by atoms with Gasteiger partial charge in [-0.3, -0.25) is 0 Å². The topological polar surface area (TPSA) is 42.7 Å². The van der Waals surface area contributed by atoms with E-state index in [1.54, 1.807) is 0 Å². The number of hydrogen-bond donors (Lipinski definition) is 1. The lowest BCUT2D eigenvalue weighted by Crippen LogP contribution is -2.17. The second-order valence-electron chi connectivity index (χ2n) is 3.97. The van der Waals surface area contributed by atoms with Crippen LogP contribution in [0.25, 0.3) is 0 Å². The first-order valence-corrected chi connectivity index (χ1v) is 5.55. The molecule has 0 unspecified atom stereocenters. The molecule has 0 saturated heterocycles. The van der Waals surface area contributed by atoms with Gasteiger partial charge in [-0.1, -0.05) is 25.0 Å². The van der Waals surface area contributed by atoms with Gasteiger partial charge in [-0.2, -0.15) is 0 Å². The highest BCUT2D eigenvalue weighted by Gasteiger charge is 2.16. The Morgan fingerprint density at radius 3 is 3.00 bits per heavy atom. The van der Waals surface area contributed by atoms with Crippen molar-refractivity contribution in [2.75, 3.05) is 5.32 Å². The van der Waals surface area contributed by atoms with Crippen molar-refractivity contribution in [1.82, 2.24) is 15.0 Å². The van der Waals surface area contributed by atoms with E-state index in [0.29, 0.717) is 6.04 Å². The van der Waals surface area contributed by atoms with E-state index in [2.05, 4.69) is 22.6 Å². The van der Waals surface area contributed by atoms with Gasteiger partial charge in [-0.05, 0) is 19.3 Å². The fraction of sp³-hybridized carbons (Fsp3) is 0.800. The molecule has 1 fully saturated rings. The van der Waals surface area contributed by atoms with Gasteiger partial charge in [0.25, 0.3) is 0 Å². The summed E-state index contributed by atoms with van der Waals surface area (Å²) in [5.41, 5.74) is 0. The van der Waals surface area contributed by atoms with Gasteiger partial charge in [-0.15, -0.1) is 5.10 Å². The third-order valence-electron chi connectivity index (χ3n) is 2.76. The molecule has 1 heterocycles. The molecule has 0 aromatic carbocycles. The molecule has 2 rings (SSSR count). The minimum absolute atomic E-state index is 0.643. The summed E-state index contributed by atoms with van der Waals surface area (Å²) in [7, 11) is 0. The molecule has 1 aromatic heterocycles. The van der Waals surface area contributed by atoms with E-state index in [1.165, 1.54) is 25.7 Å². The molecule has 0 bridgehead atoms. The maximum absolute atomic E-state index is 4.05. The summed E-state index contributed by atoms with van der Waals surface area (Å²) >= 11 is 0. The van der Waals surface area contributed by atoms with E-state index in [0.717, 1.165) is 18.8 Å². The van der Waals surface area contributed by atoms with Crippen LogP contribution in [-0.4, -0.2) is 21.0 Å². The largest absolute Gasteiger partial charge is 0.366 e. The Morgan fingerprint density at radius 2 is 2.29 bits per heavy atom. The molecule has 1 saturated carbocycles. The van der Waals surface area contributed by atoms with Gasteiger partial charge in [0.15, 0.2) is 0 Å². The fourth-order valence-electron chi connectivity index (χ4n) is 2.03. The van der Waals surface area contributed by atoms with Crippen molar-refractivity contribution in [3.05, 3.63) is 6.20 Å². The average Bonchev–Trinajstić information content (AvgIpc) is 2.80. The molecule has 4 nitrogen and oxygen atoms in total. The standard InChI is InChI=1S/C10H18N4/c1-2-7-14-10(8-11-13-14)12-9-5-3-4-6-9/h8-9,12H,2-7H2,1H3. The molecule has 0 amide bonds. The number of aryl methyl sites for hydroxylation is 1.